The number of nitrogens with one attached hydrogen (secondary N) is 1. The van der Waals surface area contributed by atoms with Crippen LogP contribution in [-0.4, -0.2) is 47.2 Å². The van der Waals surface area contributed by atoms with Crippen molar-refractivity contribution in [1.82, 2.24) is 18.8 Å². The molecule has 1 aromatic rings. The molecule has 0 saturated carbocycles. The molecule has 1 aromatic heterocycles. The molecule has 0 aliphatic heterocycles. The van der Waals surface area contributed by atoms with Crippen molar-refractivity contribution in [2.75, 3.05) is 13.6 Å². The summed E-state index contributed by atoms with van der Waals surface area (Å²) in [6.07, 6.45) is 3.96. The summed E-state index contributed by atoms with van der Waals surface area (Å²) < 4.78 is 29.9. The summed E-state index contributed by atoms with van der Waals surface area (Å²) >= 11 is 0. The van der Waals surface area contributed by atoms with E-state index >= 15 is 0 Å². The number of aryl methyl sites for hydroxylation is 1. The largest absolute Gasteiger partial charge is 0.481 e. The van der Waals surface area contributed by atoms with E-state index in [1.54, 1.807) is 10.9 Å². The van der Waals surface area contributed by atoms with Crippen molar-refractivity contribution in [3.8, 4) is 0 Å². The normalized spacial score (nSPS) is 18.7. The molecule has 1 aliphatic rings. The molecule has 0 saturated heterocycles. The van der Waals surface area contributed by atoms with Gasteiger partial charge in [0.25, 0.3) is 10.2 Å². The maximum absolute atomic E-state index is 12.2. The Morgan fingerprint density at radius 3 is 3.00 bits per heavy atom. The monoisotopic (exact) mass is 316 g/mol. The number of aromatic nitrogens is 2. The minimum absolute atomic E-state index is 0.0583. The standard InChI is InChI=1S/C12H20N4O4S/c1-15(7-6-12(17)18)21(19,20)14-10-4-3-5-11-9(10)8-13-16(11)2/h8,10,14H,3-7H2,1-2H3,(H,17,18). The molecule has 1 aliphatic carbocycles. The predicted octanol–water partition coefficient (Wildman–Crippen LogP) is 0.0384. The van der Waals surface area contributed by atoms with Crippen LogP contribution in [-0.2, 0) is 28.5 Å². The first kappa shape index (κ1) is 15.9. The second-order valence-electron chi connectivity index (χ2n) is 5.20. The van der Waals surface area contributed by atoms with Crippen LogP contribution in [0, 0.1) is 0 Å². The lowest BCUT2D eigenvalue weighted by molar-refractivity contribution is -0.137. The highest BCUT2D eigenvalue weighted by molar-refractivity contribution is 7.87. The molecule has 21 heavy (non-hydrogen) atoms. The molecule has 0 aromatic carbocycles. The SMILES string of the molecule is CN(CCC(=O)O)S(=O)(=O)NC1CCCc2c1cnn2C. The molecule has 9 heteroatoms. The molecule has 0 bridgehead atoms. The van der Waals surface area contributed by atoms with E-state index in [-0.39, 0.29) is 19.0 Å². The Morgan fingerprint density at radius 1 is 1.62 bits per heavy atom. The van der Waals surface area contributed by atoms with Crippen LogP contribution in [0.3, 0.4) is 0 Å². The summed E-state index contributed by atoms with van der Waals surface area (Å²) in [7, 11) is -0.491. The van der Waals surface area contributed by atoms with Crippen LogP contribution < -0.4 is 4.72 Å². The summed E-state index contributed by atoms with van der Waals surface area (Å²) in [6, 6.07) is -0.306. The van der Waals surface area contributed by atoms with E-state index in [0.29, 0.717) is 6.42 Å². The number of aliphatic carboxylic acids is 1. The van der Waals surface area contributed by atoms with E-state index in [0.717, 1.165) is 28.4 Å². The quantitative estimate of drug-likeness (QED) is 0.771. The van der Waals surface area contributed by atoms with Crippen molar-refractivity contribution in [3.63, 3.8) is 0 Å². The van der Waals surface area contributed by atoms with Crippen molar-refractivity contribution in [1.29, 1.82) is 0 Å². The van der Waals surface area contributed by atoms with Crippen molar-refractivity contribution in [3.05, 3.63) is 17.5 Å². The first-order valence-electron chi connectivity index (χ1n) is 6.77. The summed E-state index contributed by atoms with van der Waals surface area (Å²) in [5.74, 6) is -1.02. The average Bonchev–Trinajstić information content (AvgIpc) is 2.78. The van der Waals surface area contributed by atoms with Crippen LogP contribution in [0.15, 0.2) is 6.20 Å². The number of carboxylic acids is 1. The number of rotatable bonds is 6. The Bertz CT molecular complexity index is 625. The lowest BCUT2D eigenvalue weighted by Crippen LogP contribution is -2.41. The summed E-state index contributed by atoms with van der Waals surface area (Å²) in [5, 5.41) is 12.8. The highest BCUT2D eigenvalue weighted by Crippen LogP contribution is 2.29. The van der Waals surface area contributed by atoms with Crippen LogP contribution in [0.5, 0.6) is 0 Å². The molecule has 0 radical (unpaired) electrons. The van der Waals surface area contributed by atoms with E-state index in [1.807, 2.05) is 7.05 Å². The van der Waals surface area contributed by atoms with Gasteiger partial charge in [-0.05, 0) is 19.3 Å². The minimum atomic E-state index is -3.71. The van der Waals surface area contributed by atoms with Crippen molar-refractivity contribution < 1.29 is 18.3 Å². The zero-order chi connectivity index (χ0) is 15.6. The van der Waals surface area contributed by atoms with Gasteiger partial charge in [-0.1, -0.05) is 0 Å². The molecule has 1 atom stereocenters. The third-order valence-corrected chi connectivity index (χ3v) is 5.30. The van der Waals surface area contributed by atoms with Gasteiger partial charge in [-0.3, -0.25) is 9.48 Å². The van der Waals surface area contributed by atoms with Gasteiger partial charge < -0.3 is 5.11 Å². The van der Waals surface area contributed by atoms with Crippen LogP contribution >= 0.6 is 0 Å². The molecule has 118 valence electrons. The molecular weight excluding hydrogens is 296 g/mol. The van der Waals surface area contributed by atoms with Crippen LogP contribution in [0.4, 0.5) is 0 Å². The van der Waals surface area contributed by atoms with Crippen LogP contribution in [0.1, 0.15) is 36.6 Å². The predicted molar refractivity (Wildman–Crippen MR) is 75.8 cm³/mol. The molecule has 1 unspecified atom stereocenters. The first-order valence-corrected chi connectivity index (χ1v) is 8.21. The molecule has 2 rings (SSSR count). The highest BCUT2D eigenvalue weighted by Gasteiger charge is 2.29. The third-order valence-electron chi connectivity index (χ3n) is 3.72. The molecular formula is C12H20N4O4S. The second kappa shape index (κ2) is 6.12. The number of carboxylic acid groups (broad SMARTS) is 1. The number of carbonyl (C=O) groups is 1. The fourth-order valence-corrected chi connectivity index (χ4v) is 3.59. The molecule has 0 spiro atoms. The van der Waals surface area contributed by atoms with Gasteiger partial charge in [-0.15, -0.1) is 0 Å². The zero-order valence-electron chi connectivity index (χ0n) is 12.1. The lowest BCUT2D eigenvalue weighted by atomic mass is 9.94. The number of hydrogen-bond acceptors (Lipinski definition) is 4. The summed E-state index contributed by atoms with van der Waals surface area (Å²) in [5.41, 5.74) is 1.95. The zero-order valence-corrected chi connectivity index (χ0v) is 12.9. The van der Waals surface area contributed by atoms with E-state index in [1.165, 1.54) is 7.05 Å². The fourth-order valence-electron chi connectivity index (χ4n) is 2.47. The average molecular weight is 316 g/mol. The fraction of sp³-hybridized carbons (Fsp3) is 0.667. The Morgan fingerprint density at radius 2 is 2.33 bits per heavy atom. The highest BCUT2D eigenvalue weighted by atomic mass is 32.2. The number of hydrogen-bond donors (Lipinski definition) is 2. The van der Waals surface area contributed by atoms with E-state index in [2.05, 4.69) is 9.82 Å². The van der Waals surface area contributed by atoms with E-state index in [4.69, 9.17) is 5.11 Å². The van der Waals surface area contributed by atoms with Gasteiger partial charge in [0, 0.05) is 31.9 Å². The summed E-state index contributed by atoms with van der Waals surface area (Å²) in [6.45, 7) is -0.0583. The van der Waals surface area contributed by atoms with E-state index < -0.39 is 16.2 Å². The number of nitrogens with zero attached hydrogens (tertiary/aromatic N) is 3. The maximum atomic E-state index is 12.2. The summed E-state index contributed by atoms with van der Waals surface area (Å²) in [4.78, 5) is 10.5. The van der Waals surface area contributed by atoms with Gasteiger partial charge in [0.1, 0.15) is 0 Å². The van der Waals surface area contributed by atoms with Gasteiger partial charge in [0.15, 0.2) is 0 Å². The Kier molecular flexibility index (Phi) is 4.64. The maximum Gasteiger partial charge on any atom is 0.304 e. The third kappa shape index (κ3) is 3.60. The minimum Gasteiger partial charge on any atom is -0.481 e. The first-order chi connectivity index (χ1) is 9.81. The van der Waals surface area contributed by atoms with Crippen LogP contribution in [0.25, 0.3) is 0 Å². The number of fused-ring (bicyclic) bond motifs is 1. The Hall–Kier alpha value is -1.45. The smallest absolute Gasteiger partial charge is 0.304 e. The van der Waals surface area contributed by atoms with Gasteiger partial charge >= 0.3 is 5.97 Å². The van der Waals surface area contributed by atoms with Gasteiger partial charge in [0.2, 0.25) is 0 Å². The molecule has 0 fully saturated rings. The molecule has 8 nitrogen and oxygen atoms in total. The lowest BCUT2D eigenvalue weighted by Gasteiger charge is -2.26. The van der Waals surface area contributed by atoms with Crippen molar-refractivity contribution >= 4 is 16.2 Å². The van der Waals surface area contributed by atoms with Gasteiger partial charge in [-0.2, -0.15) is 22.5 Å². The topological polar surface area (TPSA) is 105 Å². The van der Waals surface area contributed by atoms with Crippen molar-refractivity contribution in [2.24, 2.45) is 7.05 Å². The van der Waals surface area contributed by atoms with Crippen LogP contribution in [0.2, 0.25) is 0 Å². The molecule has 1 heterocycles. The Labute approximate surface area is 123 Å². The van der Waals surface area contributed by atoms with E-state index in [9.17, 15) is 13.2 Å². The second-order valence-corrected chi connectivity index (χ2v) is 7.01. The molecule has 2 N–H and O–H groups in total. The van der Waals surface area contributed by atoms with Gasteiger partial charge in [-0.25, -0.2) is 0 Å². The Balaban J connectivity index is 2.09. The molecule has 0 amide bonds. The van der Waals surface area contributed by atoms with Crippen molar-refractivity contribution in [2.45, 2.75) is 31.7 Å². The van der Waals surface area contributed by atoms with Gasteiger partial charge in [0.05, 0.1) is 18.7 Å².